The van der Waals surface area contributed by atoms with E-state index in [1.165, 1.54) is 13.2 Å². The smallest absolute Gasteiger partial charge is 0.276 e. The lowest BCUT2D eigenvalue weighted by atomic mass is 10.2. The molecular formula is C18H14F2N4O3. The third-order valence-corrected chi connectivity index (χ3v) is 3.67. The zero-order chi connectivity index (χ0) is 19.4. The molecule has 1 aromatic carbocycles. The fourth-order valence-corrected chi connectivity index (χ4v) is 2.31. The number of aromatic nitrogens is 3. The number of hydrogen-bond acceptors (Lipinski definition) is 5. The van der Waals surface area contributed by atoms with Crippen LogP contribution < -0.4 is 15.5 Å². The first kappa shape index (κ1) is 18.2. The molecule has 27 heavy (non-hydrogen) atoms. The lowest BCUT2D eigenvalue weighted by molar-refractivity contribution is 0.0942. The van der Waals surface area contributed by atoms with E-state index in [9.17, 15) is 18.4 Å². The van der Waals surface area contributed by atoms with Crippen LogP contribution in [0.25, 0.3) is 5.69 Å². The highest BCUT2D eigenvalue weighted by Gasteiger charge is 2.17. The Morgan fingerprint density at radius 1 is 1.15 bits per heavy atom. The third-order valence-electron chi connectivity index (χ3n) is 3.67. The predicted molar refractivity (Wildman–Crippen MR) is 91.7 cm³/mol. The Balaban J connectivity index is 1.95. The van der Waals surface area contributed by atoms with Crippen LogP contribution >= 0.6 is 0 Å². The maximum atomic E-state index is 13.5. The van der Waals surface area contributed by atoms with E-state index in [1.807, 2.05) is 0 Å². The molecule has 0 aliphatic heterocycles. The normalized spacial score (nSPS) is 10.5. The van der Waals surface area contributed by atoms with Gasteiger partial charge in [-0.05, 0) is 29.8 Å². The Morgan fingerprint density at radius 3 is 2.56 bits per heavy atom. The lowest BCUT2D eigenvalue weighted by Crippen LogP contribution is -2.31. The van der Waals surface area contributed by atoms with Crippen LogP contribution in [-0.2, 0) is 6.54 Å². The molecule has 0 saturated heterocycles. The molecule has 0 bridgehead atoms. The molecule has 0 saturated carbocycles. The molecule has 3 rings (SSSR count). The summed E-state index contributed by atoms with van der Waals surface area (Å²) in [5.41, 5.74) is -0.200. The summed E-state index contributed by atoms with van der Waals surface area (Å²) in [7, 11) is 1.29. The van der Waals surface area contributed by atoms with E-state index in [1.54, 1.807) is 24.5 Å². The van der Waals surface area contributed by atoms with Crippen molar-refractivity contribution in [3.63, 3.8) is 0 Å². The van der Waals surface area contributed by atoms with Crippen molar-refractivity contribution in [1.29, 1.82) is 0 Å². The van der Waals surface area contributed by atoms with E-state index in [0.717, 1.165) is 28.4 Å². The number of methoxy groups -OCH3 is 1. The van der Waals surface area contributed by atoms with Crippen LogP contribution in [0.15, 0.2) is 53.6 Å². The molecule has 7 nitrogen and oxygen atoms in total. The Kier molecular flexibility index (Phi) is 5.20. The number of rotatable bonds is 5. The molecule has 0 aliphatic carbocycles. The number of halogens is 2. The fraction of sp³-hybridized carbons (Fsp3) is 0.111. The second-order valence-corrected chi connectivity index (χ2v) is 5.45. The molecule has 0 fully saturated rings. The maximum Gasteiger partial charge on any atom is 0.276 e. The van der Waals surface area contributed by atoms with E-state index in [2.05, 4.69) is 15.4 Å². The molecule has 1 amide bonds. The number of carbonyl (C=O) groups excluding carboxylic acids is 1. The van der Waals surface area contributed by atoms with Gasteiger partial charge in [-0.1, -0.05) is 0 Å². The molecule has 1 N–H and O–H groups in total. The first-order valence-electron chi connectivity index (χ1n) is 7.80. The molecule has 2 heterocycles. The average Bonchev–Trinajstić information content (AvgIpc) is 2.68. The van der Waals surface area contributed by atoms with Crippen molar-refractivity contribution in [3.8, 4) is 11.6 Å². The zero-order valence-electron chi connectivity index (χ0n) is 14.1. The molecular weight excluding hydrogens is 358 g/mol. The molecule has 0 radical (unpaired) electrons. The molecule has 0 spiro atoms. The molecule has 138 valence electrons. The van der Waals surface area contributed by atoms with Gasteiger partial charge >= 0.3 is 0 Å². The highest BCUT2D eigenvalue weighted by molar-refractivity contribution is 5.92. The van der Waals surface area contributed by atoms with Crippen molar-refractivity contribution >= 4 is 5.91 Å². The summed E-state index contributed by atoms with van der Waals surface area (Å²) in [6.07, 6.45) is 3.15. The summed E-state index contributed by atoms with van der Waals surface area (Å²) in [6.45, 7) is 0.166. The number of hydrogen-bond donors (Lipinski definition) is 1. The zero-order valence-corrected chi connectivity index (χ0v) is 14.1. The van der Waals surface area contributed by atoms with Gasteiger partial charge in [0.1, 0.15) is 0 Å². The minimum absolute atomic E-state index is 0.0308. The van der Waals surface area contributed by atoms with Gasteiger partial charge < -0.3 is 10.1 Å². The first-order valence-corrected chi connectivity index (χ1v) is 7.80. The SMILES string of the molecule is COc1cc(=O)c(C(=O)NCc2ccncc2)nn1-c1ccc(F)c(F)c1. The van der Waals surface area contributed by atoms with Gasteiger partial charge in [0.25, 0.3) is 5.91 Å². The van der Waals surface area contributed by atoms with Crippen molar-refractivity contribution in [2.45, 2.75) is 6.54 Å². The quantitative estimate of drug-likeness (QED) is 0.739. The van der Waals surface area contributed by atoms with Gasteiger partial charge in [0.05, 0.1) is 18.9 Å². The van der Waals surface area contributed by atoms with E-state index in [-0.39, 0.29) is 18.1 Å². The monoisotopic (exact) mass is 372 g/mol. The molecule has 0 unspecified atom stereocenters. The molecule has 3 aromatic rings. The summed E-state index contributed by atoms with van der Waals surface area (Å²) >= 11 is 0. The Labute approximate surface area is 152 Å². The van der Waals surface area contributed by atoms with Crippen LogP contribution in [0.2, 0.25) is 0 Å². The number of nitrogens with zero attached hydrogens (tertiary/aromatic N) is 3. The number of ether oxygens (including phenoxy) is 1. The number of pyridine rings is 1. The second kappa shape index (κ2) is 7.73. The molecule has 9 heteroatoms. The van der Waals surface area contributed by atoms with Gasteiger partial charge in [0, 0.05) is 25.0 Å². The van der Waals surface area contributed by atoms with Gasteiger partial charge in [-0.25, -0.2) is 13.5 Å². The van der Waals surface area contributed by atoms with Gasteiger partial charge in [-0.15, -0.1) is 0 Å². The van der Waals surface area contributed by atoms with Crippen molar-refractivity contribution in [2.75, 3.05) is 7.11 Å². The fourth-order valence-electron chi connectivity index (χ4n) is 2.31. The van der Waals surface area contributed by atoms with Crippen molar-refractivity contribution in [2.24, 2.45) is 0 Å². The van der Waals surface area contributed by atoms with Crippen LogP contribution in [0, 0.1) is 11.6 Å². The van der Waals surface area contributed by atoms with E-state index in [4.69, 9.17) is 4.74 Å². The van der Waals surface area contributed by atoms with Crippen molar-refractivity contribution < 1.29 is 18.3 Å². The topological polar surface area (TPSA) is 86.1 Å². The van der Waals surface area contributed by atoms with Crippen LogP contribution in [0.5, 0.6) is 5.88 Å². The van der Waals surface area contributed by atoms with Crippen molar-refractivity contribution in [3.05, 3.63) is 81.9 Å². The standard InChI is InChI=1S/C18H14F2N4O3/c1-27-16-9-15(25)17(18(26)22-10-11-4-6-21-7-5-11)23-24(16)12-2-3-13(19)14(20)8-12/h2-9H,10H2,1H3,(H,22,26). The summed E-state index contributed by atoms with van der Waals surface area (Å²) in [6, 6.07) is 7.51. The Morgan fingerprint density at radius 2 is 1.89 bits per heavy atom. The second-order valence-electron chi connectivity index (χ2n) is 5.45. The van der Waals surface area contributed by atoms with Crippen LogP contribution in [0.4, 0.5) is 8.78 Å². The van der Waals surface area contributed by atoms with E-state index in [0.29, 0.717) is 0 Å². The number of nitrogens with one attached hydrogen (secondary N) is 1. The number of carbonyl (C=O) groups is 1. The van der Waals surface area contributed by atoms with Gasteiger partial charge in [0.15, 0.2) is 17.3 Å². The predicted octanol–water partition coefficient (Wildman–Crippen LogP) is 1.84. The summed E-state index contributed by atoms with van der Waals surface area (Å²) < 4.78 is 32.8. The van der Waals surface area contributed by atoms with Crippen LogP contribution in [0.3, 0.4) is 0 Å². The molecule has 0 atom stereocenters. The van der Waals surface area contributed by atoms with E-state index < -0.39 is 28.7 Å². The first-order chi connectivity index (χ1) is 13.0. The Bertz CT molecular complexity index is 1040. The summed E-state index contributed by atoms with van der Waals surface area (Å²) in [5.74, 6) is -2.87. The average molecular weight is 372 g/mol. The van der Waals surface area contributed by atoms with Crippen LogP contribution in [0.1, 0.15) is 16.1 Å². The van der Waals surface area contributed by atoms with Crippen LogP contribution in [-0.4, -0.2) is 27.8 Å². The molecule has 2 aromatic heterocycles. The minimum Gasteiger partial charge on any atom is -0.481 e. The van der Waals surface area contributed by atoms with Gasteiger partial charge in [0.2, 0.25) is 11.3 Å². The van der Waals surface area contributed by atoms with Gasteiger partial charge in [-0.3, -0.25) is 14.6 Å². The van der Waals surface area contributed by atoms with E-state index >= 15 is 0 Å². The lowest BCUT2D eigenvalue weighted by Gasteiger charge is -2.13. The highest BCUT2D eigenvalue weighted by atomic mass is 19.2. The minimum atomic E-state index is -1.10. The highest BCUT2D eigenvalue weighted by Crippen LogP contribution is 2.17. The Hall–Kier alpha value is -3.62. The summed E-state index contributed by atoms with van der Waals surface area (Å²) in [5, 5.41) is 6.54. The van der Waals surface area contributed by atoms with Gasteiger partial charge in [-0.2, -0.15) is 5.10 Å². The summed E-state index contributed by atoms with van der Waals surface area (Å²) in [4.78, 5) is 28.4. The maximum absolute atomic E-state index is 13.5. The van der Waals surface area contributed by atoms with Crippen molar-refractivity contribution in [1.82, 2.24) is 20.1 Å². The number of benzene rings is 1. The largest absolute Gasteiger partial charge is 0.481 e. The molecule has 0 aliphatic rings. The third kappa shape index (κ3) is 3.97. The number of amides is 1.